The van der Waals surface area contributed by atoms with Crippen molar-refractivity contribution in [3.63, 3.8) is 0 Å². The van der Waals surface area contributed by atoms with Crippen molar-refractivity contribution in [2.75, 3.05) is 16.8 Å². The molecular weight excluding hydrogens is 452 g/mol. The highest BCUT2D eigenvalue weighted by molar-refractivity contribution is 7.92. The molecule has 1 atom stereocenters. The van der Waals surface area contributed by atoms with Crippen LogP contribution < -0.4 is 10.0 Å². The quantitative estimate of drug-likeness (QED) is 0.538. The lowest BCUT2D eigenvalue weighted by molar-refractivity contribution is 0.102. The van der Waals surface area contributed by atoms with Gasteiger partial charge < -0.3 is 4.57 Å². The van der Waals surface area contributed by atoms with Gasteiger partial charge in [0.25, 0.3) is 5.91 Å². The molecule has 0 aliphatic carbocycles. The molecule has 1 amide bonds. The van der Waals surface area contributed by atoms with E-state index in [9.17, 15) is 21.6 Å². The smallest absolute Gasteiger partial charge is 0.258 e. The van der Waals surface area contributed by atoms with E-state index in [1.807, 2.05) is 35.8 Å². The maximum atomic E-state index is 12.9. The summed E-state index contributed by atoms with van der Waals surface area (Å²) in [5.41, 5.74) is 1.81. The largest absolute Gasteiger partial charge is 0.310 e. The van der Waals surface area contributed by atoms with Gasteiger partial charge in [0.15, 0.2) is 9.84 Å². The van der Waals surface area contributed by atoms with Crippen LogP contribution in [-0.2, 0) is 26.4 Å². The van der Waals surface area contributed by atoms with Crippen LogP contribution in [-0.4, -0.2) is 49.8 Å². The van der Waals surface area contributed by atoms with Gasteiger partial charge in [-0.05, 0) is 43.2 Å². The van der Waals surface area contributed by atoms with Crippen LogP contribution >= 0.6 is 0 Å². The number of fused-ring (bicyclic) bond motifs is 1. The van der Waals surface area contributed by atoms with Crippen molar-refractivity contribution in [2.24, 2.45) is 0 Å². The van der Waals surface area contributed by atoms with Crippen molar-refractivity contribution in [1.29, 1.82) is 0 Å². The van der Waals surface area contributed by atoms with Gasteiger partial charge in [-0.1, -0.05) is 25.1 Å². The number of carbonyl (C=O) groups is 1. The fourth-order valence-corrected chi connectivity index (χ4v) is 6.87. The zero-order valence-electron chi connectivity index (χ0n) is 17.5. The van der Waals surface area contributed by atoms with E-state index in [0.29, 0.717) is 12.5 Å². The summed E-state index contributed by atoms with van der Waals surface area (Å²) in [7, 11) is -7.20. The van der Waals surface area contributed by atoms with Gasteiger partial charge in [-0.25, -0.2) is 26.5 Å². The molecule has 9 nitrogen and oxygen atoms in total. The standard InChI is InChI=1S/C21H24N4O5S2/c1-2-11-25-19-9-4-3-8-18(19)22-21(25)23-20(26)15-6-5-7-17(13-15)32(29,30)24-16-10-12-31(27,28)14-16/h3-9,13,16,24H,2,10-12,14H2,1H3,(H,22,23,26)/t16-/m1/s1. The number of nitrogens with zero attached hydrogens (tertiary/aromatic N) is 2. The van der Waals surface area contributed by atoms with Gasteiger partial charge in [0, 0.05) is 18.2 Å². The van der Waals surface area contributed by atoms with Crippen LogP contribution in [0.3, 0.4) is 0 Å². The summed E-state index contributed by atoms with van der Waals surface area (Å²) < 4.78 is 53.1. The number of imidazole rings is 1. The van der Waals surface area contributed by atoms with Crippen LogP contribution in [0, 0.1) is 0 Å². The highest BCUT2D eigenvalue weighted by Gasteiger charge is 2.31. The molecule has 1 fully saturated rings. The van der Waals surface area contributed by atoms with Crippen molar-refractivity contribution in [3.05, 3.63) is 54.1 Å². The predicted octanol–water partition coefficient (Wildman–Crippen LogP) is 2.16. The molecule has 1 aliphatic heterocycles. The number of aryl methyl sites for hydroxylation is 1. The molecule has 2 aromatic carbocycles. The van der Waals surface area contributed by atoms with Gasteiger partial charge in [-0.2, -0.15) is 0 Å². The molecule has 3 aromatic rings. The van der Waals surface area contributed by atoms with Crippen LogP contribution in [0.1, 0.15) is 30.1 Å². The summed E-state index contributed by atoms with van der Waals surface area (Å²) >= 11 is 0. The van der Waals surface area contributed by atoms with Gasteiger partial charge in [0.05, 0.1) is 27.4 Å². The van der Waals surface area contributed by atoms with E-state index in [4.69, 9.17) is 0 Å². The number of rotatable bonds is 7. The summed E-state index contributed by atoms with van der Waals surface area (Å²) in [5.74, 6) is -0.361. The van der Waals surface area contributed by atoms with Crippen LogP contribution in [0.5, 0.6) is 0 Å². The molecule has 0 saturated carbocycles. The second-order valence-electron chi connectivity index (χ2n) is 7.78. The molecule has 1 saturated heterocycles. The zero-order valence-corrected chi connectivity index (χ0v) is 19.1. The molecular formula is C21H24N4O5S2. The predicted molar refractivity (Wildman–Crippen MR) is 122 cm³/mol. The summed E-state index contributed by atoms with van der Waals surface area (Å²) in [6, 6.07) is 12.5. The van der Waals surface area contributed by atoms with Crippen LogP contribution in [0.15, 0.2) is 53.4 Å². The van der Waals surface area contributed by atoms with Gasteiger partial charge in [-0.15, -0.1) is 0 Å². The third-order valence-corrected chi connectivity index (χ3v) is 8.57. The molecule has 0 spiro atoms. The average molecular weight is 477 g/mol. The molecule has 1 aliphatic rings. The molecule has 0 bridgehead atoms. The lowest BCUT2D eigenvalue weighted by Gasteiger charge is -2.13. The van der Waals surface area contributed by atoms with Gasteiger partial charge in [-0.3, -0.25) is 10.1 Å². The molecule has 4 rings (SSSR count). The molecule has 0 radical (unpaired) electrons. The number of nitrogens with one attached hydrogen (secondary N) is 2. The normalized spacial score (nSPS) is 18.1. The zero-order chi connectivity index (χ0) is 22.9. The van der Waals surface area contributed by atoms with Crippen LogP contribution in [0.2, 0.25) is 0 Å². The highest BCUT2D eigenvalue weighted by atomic mass is 32.2. The van der Waals surface area contributed by atoms with Crippen molar-refractivity contribution >= 4 is 42.7 Å². The summed E-state index contributed by atoms with van der Waals surface area (Å²) in [5, 5.41) is 2.78. The number of hydrogen-bond donors (Lipinski definition) is 2. The van der Waals surface area contributed by atoms with E-state index in [2.05, 4.69) is 15.0 Å². The Balaban J connectivity index is 1.57. The molecule has 0 unspecified atom stereocenters. The first kappa shape index (κ1) is 22.4. The number of sulfone groups is 1. The van der Waals surface area contributed by atoms with Gasteiger partial charge in [0.2, 0.25) is 16.0 Å². The number of amides is 1. The van der Waals surface area contributed by atoms with E-state index >= 15 is 0 Å². The average Bonchev–Trinajstić information content (AvgIpc) is 3.27. The van der Waals surface area contributed by atoms with Crippen molar-refractivity contribution in [2.45, 2.75) is 37.2 Å². The Hall–Kier alpha value is -2.76. The number of carbonyl (C=O) groups excluding carboxylic acids is 1. The summed E-state index contributed by atoms with van der Waals surface area (Å²) in [6.07, 6.45) is 1.08. The second-order valence-corrected chi connectivity index (χ2v) is 11.7. The Labute approximate surface area is 186 Å². The number of hydrogen-bond acceptors (Lipinski definition) is 6. The Morgan fingerprint density at radius 3 is 2.69 bits per heavy atom. The lowest BCUT2D eigenvalue weighted by atomic mass is 10.2. The van der Waals surface area contributed by atoms with Gasteiger partial charge in [0.1, 0.15) is 0 Å². The van der Waals surface area contributed by atoms with Crippen LogP contribution in [0.4, 0.5) is 5.95 Å². The Morgan fingerprint density at radius 2 is 1.97 bits per heavy atom. The Bertz CT molecular complexity index is 1380. The first-order valence-electron chi connectivity index (χ1n) is 10.3. The van der Waals surface area contributed by atoms with E-state index in [1.54, 1.807) is 0 Å². The Morgan fingerprint density at radius 1 is 1.19 bits per heavy atom. The molecule has 170 valence electrons. The fourth-order valence-electron chi connectivity index (χ4n) is 3.77. The van der Waals surface area contributed by atoms with Crippen LogP contribution in [0.25, 0.3) is 11.0 Å². The first-order valence-corrected chi connectivity index (χ1v) is 13.6. The van der Waals surface area contributed by atoms with E-state index < -0.39 is 31.8 Å². The minimum atomic E-state index is -3.98. The monoisotopic (exact) mass is 476 g/mol. The maximum Gasteiger partial charge on any atom is 0.258 e. The molecule has 11 heteroatoms. The van der Waals surface area contributed by atoms with Gasteiger partial charge >= 0.3 is 0 Å². The minimum absolute atomic E-state index is 0.0403. The number of aromatic nitrogens is 2. The van der Waals surface area contributed by atoms with Crippen molar-refractivity contribution < 1.29 is 21.6 Å². The number of sulfonamides is 1. The summed E-state index contributed by atoms with van der Waals surface area (Å²) in [4.78, 5) is 17.3. The SMILES string of the molecule is CCCn1c(NC(=O)c2cccc(S(=O)(=O)N[C@@H]3CCS(=O)(=O)C3)c2)nc2ccccc21. The van der Waals surface area contributed by atoms with Crippen molar-refractivity contribution in [3.8, 4) is 0 Å². The number of benzene rings is 2. The number of para-hydroxylation sites is 2. The van der Waals surface area contributed by atoms with Crippen molar-refractivity contribution in [1.82, 2.24) is 14.3 Å². The third-order valence-electron chi connectivity index (χ3n) is 5.29. The molecule has 1 aromatic heterocycles. The number of anilines is 1. The Kier molecular flexibility index (Phi) is 6.06. The maximum absolute atomic E-state index is 12.9. The van der Waals surface area contributed by atoms with E-state index in [1.165, 1.54) is 24.3 Å². The van der Waals surface area contributed by atoms with E-state index in [-0.39, 0.29) is 28.4 Å². The first-order chi connectivity index (χ1) is 15.2. The minimum Gasteiger partial charge on any atom is -0.310 e. The fraction of sp³-hybridized carbons (Fsp3) is 0.333. The molecule has 32 heavy (non-hydrogen) atoms. The lowest BCUT2D eigenvalue weighted by Crippen LogP contribution is -2.35. The summed E-state index contributed by atoms with van der Waals surface area (Å²) in [6.45, 7) is 2.69. The topological polar surface area (TPSA) is 127 Å². The highest BCUT2D eigenvalue weighted by Crippen LogP contribution is 2.22. The second kappa shape index (κ2) is 8.64. The molecule has 2 N–H and O–H groups in total. The molecule has 2 heterocycles. The third kappa shape index (κ3) is 4.69. The van der Waals surface area contributed by atoms with E-state index in [0.717, 1.165) is 17.5 Å².